The van der Waals surface area contributed by atoms with Crippen LogP contribution in [0.4, 0.5) is 11.6 Å². The molecule has 0 radical (unpaired) electrons. The van der Waals surface area contributed by atoms with E-state index in [1.165, 1.54) is 12.4 Å². The molecule has 0 aliphatic heterocycles. The van der Waals surface area contributed by atoms with Crippen LogP contribution in [0.15, 0.2) is 60.9 Å². The number of aromatic nitrogens is 2. The molecular weight excluding hydrogens is 368 g/mol. The topological polar surface area (TPSA) is 76.6 Å². The SMILES string of the molecule is COc1ccc(CCNC(=O)c2cnc(N(C)c3ccccc3)nc2)cc1OC. The van der Waals surface area contributed by atoms with Crippen molar-refractivity contribution in [1.29, 1.82) is 0 Å². The molecule has 0 unspecified atom stereocenters. The summed E-state index contributed by atoms with van der Waals surface area (Å²) in [6, 6.07) is 15.5. The minimum Gasteiger partial charge on any atom is -0.493 e. The Kier molecular flexibility index (Phi) is 6.63. The number of carbonyl (C=O) groups excluding carboxylic acids is 1. The zero-order valence-corrected chi connectivity index (χ0v) is 16.8. The molecule has 0 bridgehead atoms. The maximum Gasteiger partial charge on any atom is 0.254 e. The molecule has 0 spiro atoms. The highest BCUT2D eigenvalue weighted by Gasteiger charge is 2.11. The lowest BCUT2D eigenvalue weighted by Gasteiger charge is -2.16. The second-order valence-corrected chi connectivity index (χ2v) is 6.36. The zero-order chi connectivity index (χ0) is 20.6. The summed E-state index contributed by atoms with van der Waals surface area (Å²) >= 11 is 0. The Labute approximate surface area is 170 Å². The predicted octanol–water partition coefficient (Wildman–Crippen LogP) is 3.23. The Morgan fingerprint density at radius 1 is 1.00 bits per heavy atom. The van der Waals surface area contributed by atoms with Gasteiger partial charge in [0.2, 0.25) is 5.95 Å². The second kappa shape index (κ2) is 9.54. The van der Waals surface area contributed by atoms with Crippen LogP contribution in [0.2, 0.25) is 0 Å². The average molecular weight is 392 g/mol. The summed E-state index contributed by atoms with van der Waals surface area (Å²) in [5.74, 6) is 1.67. The van der Waals surface area contributed by atoms with Crippen LogP contribution in [-0.2, 0) is 6.42 Å². The molecule has 29 heavy (non-hydrogen) atoms. The number of hydrogen-bond donors (Lipinski definition) is 1. The van der Waals surface area contributed by atoms with Crippen LogP contribution in [-0.4, -0.2) is 43.7 Å². The van der Waals surface area contributed by atoms with Gasteiger partial charge in [-0.1, -0.05) is 24.3 Å². The van der Waals surface area contributed by atoms with Gasteiger partial charge in [0.25, 0.3) is 5.91 Å². The van der Waals surface area contributed by atoms with E-state index in [2.05, 4.69) is 15.3 Å². The molecule has 0 saturated carbocycles. The van der Waals surface area contributed by atoms with Crippen molar-refractivity contribution in [3.8, 4) is 11.5 Å². The molecule has 0 saturated heterocycles. The van der Waals surface area contributed by atoms with Crippen molar-refractivity contribution in [2.24, 2.45) is 0 Å². The summed E-state index contributed by atoms with van der Waals surface area (Å²) in [6.45, 7) is 0.486. The minimum atomic E-state index is -0.209. The van der Waals surface area contributed by atoms with Gasteiger partial charge in [0.1, 0.15) is 0 Å². The smallest absolute Gasteiger partial charge is 0.254 e. The number of carbonyl (C=O) groups is 1. The first-order chi connectivity index (χ1) is 14.1. The van der Waals surface area contributed by atoms with Crippen LogP contribution in [0, 0.1) is 0 Å². The number of amides is 1. The summed E-state index contributed by atoms with van der Waals surface area (Å²) in [7, 11) is 5.08. The Hall–Kier alpha value is -3.61. The van der Waals surface area contributed by atoms with Gasteiger partial charge in [-0.15, -0.1) is 0 Å². The molecule has 7 nitrogen and oxygen atoms in total. The van der Waals surface area contributed by atoms with E-state index in [0.717, 1.165) is 11.3 Å². The monoisotopic (exact) mass is 392 g/mol. The fourth-order valence-corrected chi connectivity index (χ4v) is 2.84. The predicted molar refractivity (Wildman–Crippen MR) is 112 cm³/mol. The molecule has 1 heterocycles. The number of para-hydroxylation sites is 1. The molecule has 3 rings (SSSR count). The molecule has 1 N–H and O–H groups in total. The van der Waals surface area contributed by atoms with Crippen molar-refractivity contribution in [1.82, 2.24) is 15.3 Å². The molecule has 0 aliphatic carbocycles. The van der Waals surface area contributed by atoms with Gasteiger partial charge in [-0.3, -0.25) is 4.79 Å². The number of nitrogens with one attached hydrogen (secondary N) is 1. The van der Waals surface area contributed by atoms with Crippen molar-refractivity contribution in [3.63, 3.8) is 0 Å². The fraction of sp³-hybridized carbons (Fsp3) is 0.227. The van der Waals surface area contributed by atoms with Gasteiger partial charge in [0, 0.05) is 31.7 Å². The molecule has 0 aliphatic rings. The fourth-order valence-electron chi connectivity index (χ4n) is 2.84. The van der Waals surface area contributed by atoms with E-state index in [9.17, 15) is 4.79 Å². The van der Waals surface area contributed by atoms with E-state index in [-0.39, 0.29) is 5.91 Å². The van der Waals surface area contributed by atoms with Crippen molar-refractivity contribution >= 4 is 17.5 Å². The van der Waals surface area contributed by atoms with Gasteiger partial charge < -0.3 is 19.7 Å². The van der Waals surface area contributed by atoms with Crippen molar-refractivity contribution < 1.29 is 14.3 Å². The van der Waals surface area contributed by atoms with Gasteiger partial charge in [-0.05, 0) is 36.2 Å². The number of ether oxygens (including phenoxy) is 2. The Morgan fingerprint density at radius 3 is 2.34 bits per heavy atom. The molecule has 1 amide bonds. The van der Waals surface area contributed by atoms with Crippen LogP contribution in [0.5, 0.6) is 11.5 Å². The third kappa shape index (κ3) is 5.01. The summed E-state index contributed by atoms with van der Waals surface area (Å²) in [4.78, 5) is 22.8. The molecule has 0 fully saturated rings. The molecule has 7 heteroatoms. The number of hydrogen-bond acceptors (Lipinski definition) is 6. The first-order valence-electron chi connectivity index (χ1n) is 9.22. The normalized spacial score (nSPS) is 10.3. The second-order valence-electron chi connectivity index (χ2n) is 6.36. The Morgan fingerprint density at radius 2 is 1.69 bits per heavy atom. The molecule has 0 atom stereocenters. The van der Waals surface area contributed by atoms with Crippen molar-refractivity contribution in [3.05, 3.63) is 72.1 Å². The van der Waals surface area contributed by atoms with Crippen LogP contribution >= 0.6 is 0 Å². The maximum absolute atomic E-state index is 12.4. The van der Waals surface area contributed by atoms with Gasteiger partial charge in [-0.2, -0.15) is 0 Å². The zero-order valence-electron chi connectivity index (χ0n) is 16.8. The first-order valence-corrected chi connectivity index (χ1v) is 9.22. The highest BCUT2D eigenvalue weighted by Crippen LogP contribution is 2.27. The molecule has 1 aromatic heterocycles. The van der Waals surface area contributed by atoms with Crippen molar-refractivity contribution in [2.75, 3.05) is 32.7 Å². The van der Waals surface area contributed by atoms with Crippen molar-refractivity contribution in [2.45, 2.75) is 6.42 Å². The summed E-state index contributed by atoms with van der Waals surface area (Å²) in [5.41, 5.74) is 2.43. The number of rotatable bonds is 8. The number of methoxy groups -OCH3 is 2. The molecule has 2 aromatic carbocycles. The Bertz CT molecular complexity index is 946. The third-order valence-corrected chi connectivity index (χ3v) is 4.49. The van der Waals surface area contributed by atoms with Gasteiger partial charge in [0.05, 0.1) is 19.8 Å². The summed E-state index contributed by atoms with van der Waals surface area (Å²) in [5, 5.41) is 2.89. The van der Waals surface area contributed by atoms with Gasteiger partial charge in [-0.25, -0.2) is 9.97 Å². The number of nitrogens with zero attached hydrogens (tertiary/aromatic N) is 3. The molecule has 3 aromatic rings. The lowest BCUT2D eigenvalue weighted by molar-refractivity contribution is 0.0953. The third-order valence-electron chi connectivity index (χ3n) is 4.49. The van der Waals surface area contributed by atoms with Crippen LogP contribution < -0.4 is 19.7 Å². The quantitative estimate of drug-likeness (QED) is 0.634. The van der Waals surface area contributed by atoms with E-state index in [0.29, 0.717) is 36.0 Å². The van der Waals surface area contributed by atoms with Crippen LogP contribution in [0.25, 0.3) is 0 Å². The van der Waals surface area contributed by atoms with Crippen LogP contribution in [0.1, 0.15) is 15.9 Å². The standard InChI is InChI=1S/C22H24N4O3/c1-26(18-7-5-4-6-8-18)22-24-14-17(15-25-22)21(27)23-12-11-16-9-10-19(28-2)20(13-16)29-3/h4-10,13-15H,11-12H2,1-3H3,(H,23,27). The number of anilines is 2. The summed E-state index contributed by atoms with van der Waals surface area (Å²) in [6.07, 6.45) is 3.74. The highest BCUT2D eigenvalue weighted by molar-refractivity contribution is 5.93. The van der Waals surface area contributed by atoms with E-state index in [1.807, 2.05) is 60.5 Å². The van der Waals surface area contributed by atoms with Gasteiger partial charge >= 0.3 is 0 Å². The van der Waals surface area contributed by atoms with E-state index >= 15 is 0 Å². The maximum atomic E-state index is 12.4. The largest absolute Gasteiger partial charge is 0.493 e. The first kappa shape index (κ1) is 20.1. The minimum absolute atomic E-state index is 0.209. The number of benzene rings is 2. The highest BCUT2D eigenvalue weighted by atomic mass is 16.5. The van der Waals surface area contributed by atoms with E-state index in [4.69, 9.17) is 9.47 Å². The average Bonchev–Trinajstić information content (AvgIpc) is 2.79. The van der Waals surface area contributed by atoms with Crippen LogP contribution in [0.3, 0.4) is 0 Å². The van der Waals surface area contributed by atoms with E-state index < -0.39 is 0 Å². The molecule has 150 valence electrons. The lowest BCUT2D eigenvalue weighted by Crippen LogP contribution is -2.26. The molecular formula is C22H24N4O3. The van der Waals surface area contributed by atoms with Gasteiger partial charge in [0.15, 0.2) is 11.5 Å². The summed E-state index contributed by atoms with van der Waals surface area (Å²) < 4.78 is 10.5. The Balaban J connectivity index is 1.56. The van der Waals surface area contributed by atoms with E-state index in [1.54, 1.807) is 14.2 Å². The lowest BCUT2D eigenvalue weighted by atomic mass is 10.1.